The maximum atomic E-state index is 13.2. The number of alkyl halides is 3. The van der Waals surface area contributed by atoms with Crippen LogP contribution in [0.5, 0.6) is 11.5 Å². The van der Waals surface area contributed by atoms with Gasteiger partial charge in [0.25, 0.3) is 5.91 Å². The number of halogens is 3. The molecular weight excluding hydrogens is 485 g/mol. The molecule has 0 spiro atoms. The van der Waals surface area contributed by atoms with Crippen LogP contribution in [0.4, 0.5) is 18.9 Å². The maximum Gasteiger partial charge on any atom is 0.573 e. The molecule has 0 atom stereocenters. The fourth-order valence-corrected chi connectivity index (χ4v) is 4.16. The number of amides is 1. The van der Waals surface area contributed by atoms with E-state index in [1.165, 1.54) is 24.3 Å². The number of hydrogen-bond acceptors (Lipinski definition) is 5. The van der Waals surface area contributed by atoms with Crippen LogP contribution in [-0.4, -0.2) is 30.7 Å². The third kappa shape index (κ3) is 6.49. The van der Waals surface area contributed by atoms with Crippen LogP contribution >= 0.6 is 0 Å². The van der Waals surface area contributed by atoms with Crippen LogP contribution < -0.4 is 20.1 Å². The summed E-state index contributed by atoms with van der Waals surface area (Å²) in [6.07, 6.45) is -2.58. The first-order chi connectivity index (χ1) is 17.4. The van der Waals surface area contributed by atoms with Crippen LogP contribution in [0.1, 0.15) is 45.7 Å². The van der Waals surface area contributed by atoms with Crippen LogP contribution in [0.15, 0.2) is 72.8 Å². The lowest BCUT2D eigenvalue weighted by molar-refractivity contribution is -0.274. The van der Waals surface area contributed by atoms with E-state index >= 15 is 0 Å². The fraction of sp³-hybridized carbons (Fsp3) is 0.214. The summed E-state index contributed by atoms with van der Waals surface area (Å²) >= 11 is 0. The summed E-state index contributed by atoms with van der Waals surface area (Å²) in [5.41, 5.74) is 2.96. The summed E-state index contributed by atoms with van der Waals surface area (Å²) in [5, 5.41) is 6.02. The molecule has 0 saturated carbocycles. The number of benzene rings is 3. The Bertz CT molecular complexity index is 1380. The van der Waals surface area contributed by atoms with Crippen molar-refractivity contribution < 1.29 is 32.2 Å². The van der Waals surface area contributed by atoms with Gasteiger partial charge in [0.05, 0.1) is 7.11 Å². The number of allylic oxidation sites excluding steroid dienone is 1. The van der Waals surface area contributed by atoms with Gasteiger partial charge in [-0.3, -0.25) is 9.59 Å². The first-order valence-corrected chi connectivity index (χ1v) is 11.4. The number of fused-ring (bicyclic) bond motifs is 1. The third-order valence-electron chi connectivity index (χ3n) is 5.72. The third-order valence-corrected chi connectivity index (χ3v) is 5.72. The minimum atomic E-state index is -4.87. The number of carbonyl (C=O) groups is 2. The molecule has 2 N–H and O–H groups in total. The number of hydrogen-bond donors (Lipinski definition) is 2. The highest BCUT2D eigenvalue weighted by Crippen LogP contribution is 2.32. The topological polar surface area (TPSA) is 76.7 Å². The molecule has 0 saturated heterocycles. The van der Waals surface area contributed by atoms with Crippen LogP contribution in [0.2, 0.25) is 0 Å². The highest BCUT2D eigenvalue weighted by Gasteiger charge is 2.31. The van der Waals surface area contributed by atoms with Gasteiger partial charge in [-0.15, -0.1) is 13.2 Å². The smallest absolute Gasteiger partial charge is 0.497 e. The van der Waals surface area contributed by atoms with Crippen molar-refractivity contribution in [3.63, 3.8) is 0 Å². The highest BCUT2D eigenvalue weighted by atomic mass is 19.4. The van der Waals surface area contributed by atoms with E-state index in [-0.39, 0.29) is 16.9 Å². The molecule has 1 amide bonds. The second kappa shape index (κ2) is 10.0. The lowest BCUT2D eigenvalue weighted by Crippen LogP contribution is -2.43. The van der Waals surface area contributed by atoms with Crippen molar-refractivity contribution in [2.45, 2.75) is 32.2 Å². The molecule has 0 aromatic heterocycles. The van der Waals surface area contributed by atoms with E-state index in [4.69, 9.17) is 4.74 Å². The van der Waals surface area contributed by atoms with Crippen molar-refractivity contribution in [2.75, 3.05) is 12.4 Å². The lowest BCUT2D eigenvalue weighted by Gasteiger charge is -2.35. The van der Waals surface area contributed by atoms with Crippen molar-refractivity contribution in [1.82, 2.24) is 5.32 Å². The Morgan fingerprint density at radius 2 is 1.70 bits per heavy atom. The Balaban J connectivity index is 1.56. The molecule has 0 unspecified atom stereocenters. The molecule has 0 radical (unpaired) electrons. The Hall–Kier alpha value is -4.27. The Kier molecular flexibility index (Phi) is 6.98. The van der Waals surface area contributed by atoms with E-state index in [2.05, 4.69) is 15.4 Å². The normalized spacial score (nSPS) is 15.4. The van der Waals surface area contributed by atoms with E-state index in [1.807, 2.05) is 32.0 Å². The predicted molar refractivity (Wildman–Crippen MR) is 134 cm³/mol. The molecular formula is C28H25F3N2O4. The van der Waals surface area contributed by atoms with Gasteiger partial charge in [0.15, 0.2) is 5.78 Å². The SMILES string of the molecule is COc1ccc2c(c1)/C(=C/C(=O)c1cccc(NC(=O)c3cccc(OC(F)(F)F)c3)c1)NC(C)(C)C2. The summed E-state index contributed by atoms with van der Waals surface area (Å²) in [6.45, 7) is 4.09. The maximum absolute atomic E-state index is 13.2. The van der Waals surface area contributed by atoms with Crippen molar-refractivity contribution >= 4 is 23.1 Å². The predicted octanol–water partition coefficient (Wildman–Crippen LogP) is 5.99. The van der Waals surface area contributed by atoms with E-state index < -0.39 is 18.0 Å². The number of ether oxygens (including phenoxy) is 2. The van der Waals surface area contributed by atoms with Crippen molar-refractivity contribution in [3.05, 3.63) is 95.1 Å². The van der Waals surface area contributed by atoms with E-state index in [9.17, 15) is 22.8 Å². The van der Waals surface area contributed by atoms with Crippen molar-refractivity contribution in [2.24, 2.45) is 0 Å². The van der Waals surface area contributed by atoms with Gasteiger partial charge >= 0.3 is 6.36 Å². The number of carbonyl (C=O) groups excluding carboxylic acids is 2. The standard InChI is InChI=1S/C28H25F3N2O4/c1-27(2)16-19-10-11-21(36-3)14-23(19)24(33-27)15-25(34)17-6-4-8-20(12-17)32-26(35)18-7-5-9-22(13-18)37-28(29,30)31/h4-15,33H,16H2,1-3H3,(H,32,35)/b24-15-. The molecule has 9 heteroatoms. The Morgan fingerprint density at radius 3 is 2.43 bits per heavy atom. The van der Waals surface area contributed by atoms with Crippen molar-refractivity contribution in [1.29, 1.82) is 0 Å². The minimum absolute atomic E-state index is 0.0280. The van der Waals surface area contributed by atoms with Gasteiger partial charge in [0, 0.05) is 39.7 Å². The molecule has 1 aliphatic rings. The first kappa shape index (κ1) is 25.8. The molecule has 0 fully saturated rings. The quantitative estimate of drug-likeness (QED) is 0.315. The van der Waals surface area contributed by atoms with Gasteiger partial charge < -0.3 is 20.1 Å². The number of rotatable bonds is 6. The molecule has 3 aromatic rings. The van der Waals surface area contributed by atoms with Gasteiger partial charge in [-0.2, -0.15) is 0 Å². The molecule has 1 aliphatic heterocycles. The number of ketones is 1. The van der Waals surface area contributed by atoms with E-state index in [0.29, 0.717) is 22.7 Å². The summed E-state index contributed by atoms with van der Waals surface area (Å²) in [7, 11) is 1.58. The van der Waals surface area contributed by atoms with Crippen LogP contribution in [0.25, 0.3) is 5.70 Å². The molecule has 37 heavy (non-hydrogen) atoms. The minimum Gasteiger partial charge on any atom is -0.497 e. The molecule has 192 valence electrons. The molecule has 6 nitrogen and oxygen atoms in total. The first-order valence-electron chi connectivity index (χ1n) is 11.4. The number of anilines is 1. The zero-order valence-electron chi connectivity index (χ0n) is 20.4. The monoisotopic (exact) mass is 510 g/mol. The second-order valence-corrected chi connectivity index (χ2v) is 9.24. The average Bonchev–Trinajstić information content (AvgIpc) is 2.82. The highest BCUT2D eigenvalue weighted by molar-refractivity contribution is 6.10. The van der Waals surface area contributed by atoms with Gasteiger partial charge in [-0.1, -0.05) is 24.3 Å². The summed E-state index contributed by atoms with van der Waals surface area (Å²) < 4.78 is 46.7. The molecule has 0 aliphatic carbocycles. The summed E-state index contributed by atoms with van der Waals surface area (Å²) in [5.74, 6) is -0.763. The Morgan fingerprint density at radius 1 is 0.973 bits per heavy atom. The van der Waals surface area contributed by atoms with Gasteiger partial charge in [0.2, 0.25) is 0 Å². The average molecular weight is 511 g/mol. The number of methoxy groups -OCH3 is 1. The van der Waals surface area contributed by atoms with Crippen LogP contribution in [-0.2, 0) is 6.42 Å². The van der Waals surface area contributed by atoms with E-state index in [1.54, 1.807) is 25.3 Å². The molecule has 0 bridgehead atoms. The van der Waals surface area contributed by atoms with Gasteiger partial charge in [-0.25, -0.2) is 0 Å². The molecule has 4 rings (SSSR count). The van der Waals surface area contributed by atoms with Crippen LogP contribution in [0, 0.1) is 0 Å². The summed E-state index contributed by atoms with van der Waals surface area (Å²) in [6, 6.07) is 16.8. The summed E-state index contributed by atoms with van der Waals surface area (Å²) in [4.78, 5) is 25.8. The zero-order valence-corrected chi connectivity index (χ0v) is 20.4. The number of nitrogens with one attached hydrogen (secondary N) is 2. The Labute approximate surface area is 212 Å². The second-order valence-electron chi connectivity index (χ2n) is 9.24. The molecule has 1 heterocycles. The zero-order chi connectivity index (χ0) is 26.8. The fourth-order valence-electron chi connectivity index (χ4n) is 4.16. The lowest BCUT2D eigenvalue weighted by atomic mass is 9.85. The van der Waals surface area contributed by atoms with Crippen LogP contribution in [0.3, 0.4) is 0 Å². The van der Waals surface area contributed by atoms with E-state index in [0.717, 1.165) is 29.7 Å². The van der Waals surface area contributed by atoms with Gasteiger partial charge in [-0.05, 0) is 68.3 Å². The van der Waals surface area contributed by atoms with Crippen molar-refractivity contribution in [3.8, 4) is 11.5 Å². The largest absolute Gasteiger partial charge is 0.573 e. The molecule has 3 aromatic carbocycles. The van der Waals surface area contributed by atoms with Gasteiger partial charge in [0.1, 0.15) is 11.5 Å².